The van der Waals surface area contributed by atoms with Crippen molar-refractivity contribution in [2.75, 3.05) is 33.5 Å². The zero-order valence-corrected chi connectivity index (χ0v) is 11.3. The number of ether oxygens (including phenoxy) is 2. The lowest BCUT2D eigenvalue weighted by Gasteiger charge is -2.11. The lowest BCUT2D eigenvalue weighted by Crippen LogP contribution is -2.20. The van der Waals surface area contributed by atoms with Crippen molar-refractivity contribution in [2.24, 2.45) is 0 Å². The molecule has 0 saturated carbocycles. The van der Waals surface area contributed by atoms with Gasteiger partial charge in [-0.1, -0.05) is 0 Å². The highest BCUT2D eigenvalue weighted by atomic mass is 16.5. The number of hydrogen-bond donors (Lipinski definition) is 2. The van der Waals surface area contributed by atoms with E-state index in [1.54, 1.807) is 12.1 Å². The third-order valence-corrected chi connectivity index (χ3v) is 2.59. The maximum absolute atomic E-state index is 11.2. The average Bonchev–Trinajstić information content (AvgIpc) is 2.91. The largest absolute Gasteiger partial charge is 0.463 e. The van der Waals surface area contributed by atoms with E-state index in [-0.39, 0.29) is 18.4 Å². The molecule has 6 heteroatoms. The van der Waals surface area contributed by atoms with Crippen LogP contribution in [0.3, 0.4) is 0 Å². The van der Waals surface area contributed by atoms with Crippen LogP contribution in [-0.4, -0.2) is 44.6 Å². The first kappa shape index (κ1) is 15.7. The first-order chi connectivity index (χ1) is 9.19. The molecule has 0 amide bonds. The molecule has 0 aliphatic carbocycles. The van der Waals surface area contributed by atoms with Crippen LogP contribution >= 0.6 is 0 Å². The van der Waals surface area contributed by atoms with Gasteiger partial charge in [-0.15, -0.1) is 0 Å². The average molecular weight is 271 g/mol. The van der Waals surface area contributed by atoms with Gasteiger partial charge < -0.3 is 24.3 Å². The van der Waals surface area contributed by atoms with E-state index in [4.69, 9.17) is 14.3 Å². The van der Waals surface area contributed by atoms with Crippen molar-refractivity contribution >= 4 is 5.97 Å². The highest BCUT2D eigenvalue weighted by Gasteiger charge is 2.14. The van der Waals surface area contributed by atoms with Gasteiger partial charge in [-0.3, -0.25) is 0 Å². The van der Waals surface area contributed by atoms with Crippen LogP contribution in [0.15, 0.2) is 16.5 Å². The second-order valence-electron chi connectivity index (χ2n) is 4.06. The van der Waals surface area contributed by atoms with Gasteiger partial charge in [0.05, 0.1) is 26.4 Å². The topological polar surface area (TPSA) is 80.9 Å². The van der Waals surface area contributed by atoms with E-state index in [2.05, 4.69) is 10.1 Å². The van der Waals surface area contributed by atoms with E-state index in [0.29, 0.717) is 19.0 Å². The summed E-state index contributed by atoms with van der Waals surface area (Å²) in [6, 6.07) is 3.37. The molecule has 0 radical (unpaired) electrons. The number of furan rings is 1. The molecule has 1 atom stereocenters. The summed E-state index contributed by atoms with van der Waals surface area (Å²) >= 11 is 0. The van der Waals surface area contributed by atoms with Crippen molar-refractivity contribution in [3.63, 3.8) is 0 Å². The van der Waals surface area contributed by atoms with E-state index in [1.807, 2.05) is 6.92 Å². The van der Waals surface area contributed by atoms with Gasteiger partial charge in [0.1, 0.15) is 5.76 Å². The Labute approximate surface area is 112 Å². The number of nitrogens with one attached hydrogen (secondary N) is 1. The highest BCUT2D eigenvalue weighted by molar-refractivity contribution is 5.86. The summed E-state index contributed by atoms with van der Waals surface area (Å²) in [6.07, 6.45) is 0.842. The fourth-order valence-corrected chi connectivity index (χ4v) is 1.56. The predicted molar refractivity (Wildman–Crippen MR) is 69.0 cm³/mol. The normalized spacial score (nSPS) is 12.4. The van der Waals surface area contributed by atoms with Crippen molar-refractivity contribution in [3.05, 3.63) is 23.7 Å². The Morgan fingerprint density at radius 2 is 2.26 bits per heavy atom. The van der Waals surface area contributed by atoms with Crippen LogP contribution in [0.25, 0.3) is 0 Å². The number of rotatable bonds is 9. The van der Waals surface area contributed by atoms with Crippen molar-refractivity contribution in [1.82, 2.24) is 5.32 Å². The Morgan fingerprint density at radius 3 is 2.95 bits per heavy atom. The van der Waals surface area contributed by atoms with Gasteiger partial charge >= 0.3 is 5.97 Å². The summed E-state index contributed by atoms with van der Waals surface area (Å²) in [4.78, 5) is 11.2. The zero-order chi connectivity index (χ0) is 14.1. The zero-order valence-electron chi connectivity index (χ0n) is 11.3. The molecule has 0 aliphatic heterocycles. The number of hydrogen-bond acceptors (Lipinski definition) is 6. The molecule has 1 heterocycles. The molecule has 0 fully saturated rings. The molecule has 1 aromatic rings. The summed E-state index contributed by atoms with van der Waals surface area (Å²) in [6.45, 7) is 3.74. The summed E-state index contributed by atoms with van der Waals surface area (Å²) in [7, 11) is 1.32. The first-order valence-electron chi connectivity index (χ1n) is 6.29. The van der Waals surface area contributed by atoms with Crippen LogP contribution in [0.2, 0.25) is 0 Å². The summed E-state index contributed by atoms with van der Waals surface area (Å²) < 4.78 is 15.1. The first-order valence-corrected chi connectivity index (χ1v) is 6.29. The standard InChI is InChI=1S/C13H21NO5/c1-10(14-6-3-8-18-9-7-15)11-4-5-12(19-11)13(16)17-2/h4-5,10,14-15H,3,6-9H2,1-2H3. The molecule has 1 rings (SSSR count). The summed E-state index contributed by atoms with van der Waals surface area (Å²) in [5, 5.41) is 11.8. The second kappa shape index (κ2) is 8.68. The van der Waals surface area contributed by atoms with Crippen LogP contribution in [0, 0.1) is 0 Å². The van der Waals surface area contributed by atoms with Gasteiger partial charge in [-0.25, -0.2) is 4.79 Å². The fraction of sp³-hybridized carbons (Fsp3) is 0.615. The van der Waals surface area contributed by atoms with Crippen LogP contribution in [0.5, 0.6) is 0 Å². The molecule has 0 aliphatic rings. The molecule has 1 aromatic heterocycles. The Morgan fingerprint density at radius 1 is 1.47 bits per heavy atom. The molecule has 19 heavy (non-hydrogen) atoms. The third kappa shape index (κ3) is 5.42. The van der Waals surface area contributed by atoms with Gasteiger partial charge in [-0.05, 0) is 32.0 Å². The monoisotopic (exact) mass is 271 g/mol. The van der Waals surface area contributed by atoms with Gasteiger partial charge in [0.25, 0.3) is 0 Å². The Balaban J connectivity index is 2.27. The minimum atomic E-state index is -0.476. The maximum atomic E-state index is 11.2. The quantitative estimate of drug-likeness (QED) is 0.517. The van der Waals surface area contributed by atoms with Gasteiger partial charge in [0.15, 0.2) is 0 Å². The maximum Gasteiger partial charge on any atom is 0.373 e. The van der Waals surface area contributed by atoms with E-state index < -0.39 is 5.97 Å². The lowest BCUT2D eigenvalue weighted by atomic mass is 10.2. The third-order valence-electron chi connectivity index (χ3n) is 2.59. The molecular weight excluding hydrogens is 250 g/mol. The Hall–Kier alpha value is -1.37. The Kier molecular flexibility index (Phi) is 7.17. The van der Waals surface area contributed by atoms with Gasteiger partial charge in [0.2, 0.25) is 5.76 Å². The summed E-state index contributed by atoms with van der Waals surface area (Å²) in [5.41, 5.74) is 0. The number of methoxy groups -OCH3 is 1. The number of carbonyl (C=O) groups excluding carboxylic acids is 1. The number of aliphatic hydroxyl groups is 1. The minimum absolute atomic E-state index is 0.0104. The van der Waals surface area contributed by atoms with Crippen molar-refractivity contribution in [1.29, 1.82) is 0 Å². The predicted octanol–water partition coefficient (Wildman–Crippen LogP) is 1.12. The molecule has 0 aromatic carbocycles. The lowest BCUT2D eigenvalue weighted by molar-refractivity contribution is 0.0562. The van der Waals surface area contributed by atoms with E-state index in [9.17, 15) is 4.79 Å². The van der Waals surface area contributed by atoms with Crippen molar-refractivity contribution in [3.8, 4) is 0 Å². The fourth-order valence-electron chi connectivity index (χ4n) is 1.56. The molecule has 108 valence electrons. The number of esters is 1. The van der Waals surface area contributed by atoms with E-state index in [1.165, 1.54) is 7.11 Å². The second-order valence-corrected chi connectivity index (χ2v) is 4.06. The number of aliphatic hydroxyl groups excluding tert-OH is 1. The number of carbonyl (C=O) groups is 1. The highest BCUT2D eigenvalue weighted by Crippen LogP contribution is 2.16. The van der Waals surface area contributed by atoms with Crippen LogP contribution in [-0.2, 0) is 9.47 Å². The molecular formula is C13H21NO5. The van der Waals surface area contributed by atoms with Crippen molar-refractivity contribution < 1.29 is 23.8 Å². The SMILES string of the molecule is COC(=O)c1ccc(C(C)NCCCOCCO)o1. The molecule has 0 spiro atoms. The van der Waals surface area contributed by atoms with Crippen LogP contribution in [0.1, 0.15) is 35.7 Å². The molecule has 2 N–H and O–H groups in total. The smallest absolute Gasteiger partial charge is 0.373 e. The van der Waals surface area contributed by atoms with Gasteiger partial charge in [0, 0.05) is 6.61 Å². The molecule has 0 bridgehead atoms. The molecule has 0 saturated heterocycles. The van der Waals surface area contributed by atoms with Crippen molar-refractivity contribution in [2.45, 2.75) is 19.4 Å². The summed E-state index contributed by atoms with van der Waals surface area (Å²) in [5.74, 6) is 0.421. The molecule has 1 unspecified atom stereocenters. The van der Waals surface area contributed by atoms with Gasteiger partial charge in [-0.2, -0.15) is 0 Å². The minimum Gasteiger partial charge on any atom is -0.463 e. The van der Waals surface area contributed by atoms with Crippen LogP contribution in [0.4, 0.5) is 0 Å². The van der Waals surface area contributed by atoms with E-state index >= 15 is 0 Å². The Bertz CT molecular complexity index is 377. The van der Waals surface area contributed by atoms with E-state index in [0.717, 1.165) is 13.0 Å². The van der Waals surface area contributed by atoms with Crippen LogP contribution < -0.4 is 5.32 Å². The molecule has 6 nitrogen and oxygen atoms in total.